The lowest BCUT2D eigenvalue weighted by molar-refractivity contribution is 0.339. The highest BCUT2D eigenvalue weighted by molar-refractivity contribution is 5.84. The van der Waals surface area contributed by atoms with Gasteiger partial charge in [0.1, 0.15) is 5.75 Å². The Morgan fingerprint density at radius 2 is 1.74 bits per heavy atom. The van der Waals surface area contributed by atoms with Gasteiger partial charge in [-0.25, -0.2) is 0 Å². The van der Waals surface area contributed by atoms with E-state index in [9.17, 15) is 0 Å². The van der Waals surface area contributed by atoms with Gasteiger partial charge in [-0.3, -0.25) is 0 Å². The molecule has 0 spiro atoms. The van der Waals surface area contributed by atoms with E-state index in [-0.39, 0.29) is 5.41 Å². The monoisotopic (exact) mass is 257 g/mol. The fraction of sp³-hybridized carbons (Fsp3) is 0.412. The van der Waals surface area contributed by atoms with E-state index in [1.807, 2.05) is 6.07 Å². The Labute approximate surface area is 115 Å². The Balaban J connectivity index is 2.27. The predicted molar refractivity (Wildman–Crippen MR) is 81.7 cm³/mol. The fourth-order valence-corrected chi connectivity index (χ4v) is 2.54. The van der Waals surface area contributed by atoms with E-state index in [0.29, 0.717) is 0 Å². The number of ether oxygens (including phenoxy) is 1. The van der Waals surface area contributed by atoms with Crippen molar-refractivity contribution in [1.82, 2.24) is 0 Å². The molecular weight excluding hydrogens is 234 g/mol. The first kappa shape index (κ1) is 13.9. The number of hydrogen-bond donors (Lipinski definition) is 1. The van der Waals surface area contributed by atoms with Gasteiger partial charge < -0.3 is 10.5 Å². The van der Waals surface area contributed by atoms with Crippen LogP contribution in [0.15, 0.2) is 36.4 Å². The first-order valence-electron chi connectivity index (χ1n) is 6.81. The molecule has 19 heavy (non-hydrogen) atoms. The van der Waals surface area contributed by atoms with Gasteiger partial charge in [-0.05, 0) is 53.3 Å². The Morgan fingerprint density at radius 1 is 1.05 bits per heavy atom. The number of methoxy groups -OCH3 is 1. The molecule has 102 valence electrons. The molecule has 0 atom stereocenters. The fourth-order valence-electron chi connectivity index (χ4n) is 2.54. The van der Waals surface area contributed by atoms with Crippen molar-refractivity contribution >= 4 is 10.8 Å². The molecule has 2 aromatic carbocycles. The second-order valence-corrected chi connectivity index (χ2v) is 5.93. The van der Waals surface area contributed by atoms with Crippen molar-refractivity contribution in [3.05, 3.63) is 42.0 Å². The largest absolute Gasteiger partial charge is 0.497 e. The Kier molecular flexibility index (Phi) is 4.11. The van der Waals surface area contributed by atoms with Gasteiger partial charge in [0, 0.05) is 0 Å². The molecule has 0 saturated heterocycles. The third-order valence-corrected chi connectivity index (χ3v) is 3.62. The van der Waals surface area contributed by atoms with Crippen molar-refractivity contribution in [2.24, 2.45) is 11.1 Å². The Hall–Kier alpha value is -1.54. The van der Waals surface area contributed by atoms with Crippen LogP contribution in [0.2, 0.25) is 0 Å². The molecule has 0 fully saturated rings. The first-order chi connectivity index (χ1) is 9.04. The molecule has 0 aliphatic rings. The van der Waals surface area contributed by atoms with E-state index in [1.165, 1.54) is 16.3 Å². The predicted octanol–water partition coefficient (Wildman–Crippen LogP) is 3.77. The van der Waals surface area contributed by atoms with Crippen molar-refractivity contribution < 1.29 is 4.74 Å². The molecule has 2 N–H and O–H groups in total. The van der Waals surface area contributed by atoms with Crippen molar-refractivity contribution in [2.45, 2.75) is 26.7 Å². The standard InChI is InChI=1S/C17H23NO/c1-17(2,8-9-18)12-13-4-5-15-11-16(19-3)7-6-14(15)10-13/h4-7,10-11H,8-9,12,18H2,1-3H3. The van der Waals surface area contributed by atoms with Crippen LogP contribution in [-0.4, -0.2) is 13.7 Å². The van der Waals surface area contributed by atoms with Crippen LogP contribution in [0.3, 0.4) is 0 Å². The smallest absolute Gasteiger partial charge is 0.119 e. The minimum Gasteiger partial charge on any atom is -0.497 e. The summed E-state index contributed by atoms with van der Waals surface area (Å²) >= 11 is 0. The molecule has 0 unspecified atom stereocenters. The molecule has 0 bridgehead atoms. The van der Waals surface area contributed by atoms with Gasteiger partial charge in [0.15, 0.2) is 0 Å². The second-order valence-electron chi connectivity index (χ2n) is 5.93. The molecular formula is C17H23NO. The van der Waals surface area contributed by atoms with Crippen LogP contribution in [0, 0.1) is 5.41 Å². The number of fused-ring (bicyclic) bond motifs is 1. The molecule has 0 aliphatic carbocycles. The molecule has 2 nitrogen and oxygen atoms in total. The maximum Gasteiger partial charge on any atom is 0.119 e. The average Bonchev–Trinajstić information content (AvgIpc) is 2.37. The van der Waals surface area contributed by atoms with E-state index in [0.717, 1.165) is 25.1 Å². The van der Waals surface area contributed by atoms with Crippen molar-refractivity contribution in [3.63, 3.8) is 0 Å². The van der Waals surface area contributed by atoms with Crippen LogP contribution < -0.4 is 10.5 Å². The van der Waals surface area contributed by atoms with E-state index in [2.05, 4.69) is 44.2 Å². The first-order valence-corrected chi connectivity index (χ1v) is 6.81. The highest BCUT2D eigenvalue weighted by atomic mass is 16.5. The molecule has 2 heteroatoms. The summed E-state index contributed by atoms with van der Waals surface area (Å²) < 4.78 is 5.25. The third kappa shape index (κ3) is 3.48. The zero-order valence-electron chi connectivity index (χ0n) is 12.1. The van der Waals surface area contributed by atoms with Crippen LogP contribution in [0.5, 0.6) is 5.75 Å². The Bertz CT molecular complexity index is 560. The van der Waals surface area contributed by atoms with Gasteiger partial charge in [-0.2, -0.15) is 0 Å². The van der Waals surface area contributed by atoms with E-state index in [1.54, 1.807) is 7.11 Å². The quantitative estimate of drug-likeness (QED) is 0.885. The number of benzene rings is 2. The van der Waals surface area contributed by atoms with Crippen LogP contribution in [0.4, 0.5) is 0 Å². The van der Waals surface area contributed by atoms with Crippen molar-refractivity contribution in [2.75, 3.05) is 13.7 Å². The number of rotatable bonds is 5. The summed E-state index contributed by atoms with van der Waals surface area (Å²) in [5.74, 6) is 0.906. The average molecular weight is 257 g/mol. The summed E-state index contributed by atoms with van der Waals surface area (Å²) in [6.07, 6.45) is 2.11. The minimum absolute atomic E-state index is 0.259. The lowest BCUT2D eigenvalue weighted by Crippen LogP contribution is -2.19. The molecule has 0 aromatic heterocycles. The van der Waals surface area contributed by atoms with E-state index in [4.69, 9.17) is 10.5 Å². The minimum atomic E-state index is 0.259. The molecule has 2 aromatic rings. The lowest BCUT2D eigenvalue weighted by Gasteiger charge is -2.24. The lowest BCUT2D eigenvalue weighted by atomic mass is 9.82. The normalized spacial score (nSPS) is 11.8. The van der Waals surface area contributed by atoms with Gasteiger partial charge in [-0.15, -0.1) is 0 Å². The zero-order valence-corrected chi connectivity index (χ0v) is 12.1. The molecule has 0 saturated carbocycles. The van der Waals surface area contributed by atoms with Gasteiger partial charge in [-0.1, -0.05) is 38.1 Å². The molecule has 0 amide bonds. The molecule has 0 aliphatic heterocycles. The van der Waals surface area contributed by atoms with Crippen LogP contribution in [0.1, 0.15) is 25.8 Å². The number of hydrogen-bond acceptors (Lipinski definition) is 2. The van der Waals surface area contributed by atoms with Gasteiger partial charge >= 0.3 is 0 Å². The summed E-state index contributed by atoms with van der Waals surface area (Å²) in [4.78, 5) is 0. The molecule has 0 radical (unpaired) electrons. The van der Waals surface area contributed by atoms with Crippen LogP contribution in [0.25, 0.3) is 10.8 Å². The van der Waals surface area contributed by atoms with Crippen LogP contribution >= 0.6 is 0 Å². The van der Waals surface area contributed by atoms with E-state index < -0.39 is 0 Å². The highest BCUT2D eigenvalue weighted by Crippen LogP contribution is 2.28. The Morgan fingerprint density at radius 3 is 2.42 bits per heavy atom. The summed E-state index contributed by atoms with van der Waals surface area (Å²) in [6, 6.07) is 12.9. The molecule has 2 rings (SSSR count). The van der Waals surface area contributed by atoms with Gasteiger partial charge in [0.2, 0.25) is 0 Å². The molecule has 0 heterocycles. The number of nitrogens with two attached hydrogens (primary N) is 1. The van der Waals surface area contributed by atoms with E-state index >= 15 is 0 Å². The maximum absolute atomic E-state index is 5.68. The maximum atomic E-state index is 5.68. The van der Waals surface area contributed by atoms with Gasteiger partial charge in [0.05, 0.1) is 7.11 Å². The summed E-state index contributed by atoms with van der Waals surface area (Å²) in [5, 5.41) is 2.49. The summed E-state index contributed by atoms with van der Waals surface area (Å²) in [7, 11) is 1.70. The van der Waals surface area contributed by atoms with Crippen molar-refractivity contribution in [3.8, 4) is 5.75 Å². The van der Waals surface area contributed by atoms with Crippen LogP contribution in [-0.2, 0) is 6.42 Å². The summed E-state index contributed by atoms with van der Waals surface area (Å²) in [6.45, 7) is 5.30. The van der Waals surface area contributed by atoms with Crippen molar-refractivity contribution in [1.29, 1.82) is 0 Å². The third-order valence-electron chi connectivity index (χ3n) is 3.62. The second kappa shape index (κ2) is 5.62. The van der Waals surface area contributed by atoms with Gasteiger partial charge in [0.25, 0.3) is 0 Å². The highest BCUT2D eigenvalue weighted by Gasteiger charge is 2.17. The SMILES string of the molecule is COc1ccc2cc(CC(C)(C)CCN)ccc2c1. The topological polar surface area (TPSA) is 35.2 Å². The zero-order chi connectivity index (χ0) is 13.9. The summed E-state index contributed by atoms with van der Waals surface area (Å²) in [5.41, 5.74) is 7.31.